The highest BCUT2D eigenvalue weighted by Gasteiger charge is 2.30. The highest BCUT2D eigenvalue weighted by atomic mass is 19.4. The third kappa shape index (κ3) is 3.14. The van der Waals surface area contributed by atoms with Crippen LogP contribution in [0.3, 0.4) is 0 Å². The van der Waals surface area contributed by atoms with Crippen molar-refractivity contribution in [3.8, 4) is 11.8 Å². The van der Waals surface area contributed by atoms with Gasteiger partial charge in [0.05, 0.1) is 18.1 Å². The minimum absolute atomic E-state index is 0.0419. The van der Waals surface area contributed by atoms with Crippen molar-refractivity contribution in [1.29, 1.82) is 5.26 Å². The molecule has 0 saturated carbocycles. The third-order valence-electron chi connectivity index (χ3n) is 3.06. The van der Waals surface area contributed by atoms with Crippen molar-refractivity contribution in [2.24, 2.45) is 0 Å². The summed E-state index contributed by atoms with van der Waals surface area (Å²) in [6.45, 7) is 1.68. The molecule has 1 aromatic carbocycles. The lowest BCUT2D eigenvalue weighted by Gasteiger charge is -2.13. The maximum atomic E-state index is 12.5. The fourth-order valence-electron chi connectivity index (χ4n) is 1.98. The van der Waals surface area contributed by atoms with Crippen LogP contribution in [-0.4, -0.2) is 4.57 Å². The van der Waals surface area contributed by atoms with E-state index in [0.29, 0.717) is 16.9 Å². The molecule has 0 amide bonds. The second-order valence-corrected chi connectivity index (χ2v) is 4.55. The second-order valence-electron chi connectivity index (χ2n) is 4.55. The van der Waals surface area contributed by atoms with Gasteiger partial charge in [-0.05, 0) is 31.2 Å². The van der Waals surface area contributed by atoms with Crippen LogP contribution in [0.2, 0.25) is 0 Å². The van der Waals surface area contributed by atoms with Gasteiger partial charge in [0.2, 0.25) is 0 Å². The predicted molar refractivity (Wildman–Crippen MR) is 71.1 cm³/mol. The first-order valence-corrected chi connectivity index (χ1v) is 6.09. The lowest BCUT2D eigenvalue weighted by Crippen LogP contribution is -2.14. The molecule has 1 aromatic heterocycles. The Kier molecular flexibility index (Phi) is 3.85. The molecule has 6 heteroatoms. The normalized spacial score (nSPS) is 11.2. The van der Waals surface area contributed by atoms with Crippen LogP contribution >= 0.6 is 0 Å². The van der Waals surface area contributed by atoms with Crippen LogP contribution in [0.4, 0.5) is 13.2 Å². The summed E-state index contributed by atoms with van der Waals surface area (Å²) in [5, 5.41) is 8.68. The van der Waals surface area contributed by atoms with E-state index < -0.39 is 11.7 Å². The Balaban J connectivity index is 2.49. The van der Waals surface area contributed by atoms with Gasteiger partial charge in [-0.2, -0.15) is 18.4 Å². The largest absolute Gasteiger partial charge is 0.416 e. The summed E-state index contributed by atoms with van der Waals surface area (Å²) in [6.07, 6.45) is -2.94. The number of pyridine rings is 1. The first-order chi connectivity index (χ1) is 9.82. The van der Waals surface area contributed by atoms with E-state index in [1.807, 2.05) is 6.07 Å². The van der Waals surface area contributed by atoms with E-state index in [-0.39, 0.29) is 11.8 Å². The molecule has 21 heavy (non-hydrogen) atoms. The Hall–Kier alpha value is -2.55. The Morgan fingerprint density at radius 2 is 1.86 bits per heavy atom. The summed E-state index contributed by atoms with van der Waals surface area (Å²) in [7, 11) is 0. The summed E-state index contributed by atoms with van der Waals surface area (Å²) in [4.78, 5) is 11.7. The van der Waals surface area contributed by atoms with Crippen molar-refractivity contribution in [1.82, 2.24) is 4.57 Å². The maximum Gasteiger partial charge on any atom is 0.416 e. The first-order valence-electron chi connectivity index (χ1n) is 6.09. The average molecular weight is 292 g/mol. The van der Waals surface area contributed by atoms with Crippen molar-refractivity contribution in [3.05, 3.63) is 63.6 Å². The third-order valence-corrected chi connectivity index (χ3v) is 3.06. The molecule has 0 fully saturated rings. The standard InChI is InChI=1S/C15H11F3N2O/c1-10-8-14(21)11(6-7-19)9-20(10)13-4-2-12(3-5-13)15(16,17)18/h2-5,8-9H,6H2,1H3. The number of benzene rings is 1. The fraction of sp³-hybridized carbons (Fsp3) is 0.200. The van der Waals surface area contributed by atoms with Gasteiger partial charge in [0.15, 0.2) is 5.43 Å². The molecule has 0 aliphatic carbocycles. The van der Waals surface area contributed by atoms with E-state index in [0.717, 1.165) is 12.1 Å². The van der Waals surface area contributed by atoms with E-state index in [9.17, 15) is 18.0 Å². The molecule has 0 N–H and O–H groups in total. The molecule has 0 saturated heterocycles. The van der Waals surface area contributed by atoms with E-state index in [1.165, 1.54) is 24.4 Å². The maximum absolute atomic E-state index is 12.5. The Morgan fingerprint density at radius 1 is 1.24 bits per heavy atom. The molecule has 2 rings (SSSR count). The minimum atomic E-state index is -4.39. The molecule has 1 heterocycles. The number of hydrogen-bond acceptors (Lipinski definition) is 2. The highest BCUT2D eigenvalue weighted by Crippen LogP contribution is 2.29. The molecular weight excluding hydrogens is 281 g/mol. The minimum Gasteiger partial charge on any atom is -0.321 e. The molecule has 108 valence electrons. The smallest absolute Gasteiger partial charge is 0.321 e. The molecule has 3 nitrogen and oxygen atoms in total. The first kappa shape index (κ1) is 14.9. The van der Waals surface area contributed by atoms with Gasteiger partial charge in [0, 0.05) is 29.2 Å². The van der Waals surface area contributed by atoms with Crippen LogP contribution in [0.15, 0.2) is 41.3 Å². The van der Waals surface area contributed by atoms with Gasteiger partial charge >= 0.3 is 6.18 Å². The number of nitrogens with zero attached hydrogens (tertiary/aromatic N) is 2. The van der Waals surface area contributed by atoms with Gasteiger partial charge in [-0.3, -0.25) is 4.79 Å². The number of alkyl halides is 3. The van der Waals surface area contributed by atoms with Crippen LogP contribution in [0.1, 0.15) is 16.8 Å². The molecule has 0 aliphatic rings. The molecule has 0 atom stereocenters. The number of aromatic nitrogens is 1. The average Bonchev–Trinajstić information content (AvgIpc) is 2.41. The Bertz CT molecular complexity index is 752. The number of halogens is 3. The van der Waals surface area contributed by atoms with Gasteiger partial charge in [0.25, 0.3) is 0 Å². The summed E-state index contributed by atoms with van der Waals surface area (Å²) in [5.41, 5.74) is 0.406. The van der Waals surface area contributed by atoms with Crippen LogP contribution in [0.25, 0.3) is 5.69 Å². The predicted octanol–water partition coefficient (Wildman–Crippen LogP) is 3.23. The molecule has 0 bridgehead atoms. The fourth-order valence-corrected chi connectivity index (χ4v) is 1.98. The van der Waals surface area contributed by atoms with Gasteiger partial charge in [0.1, 0.15) is 0 Å². The van der Waals surface area contributed by atoms with E-state index in [2.05, 4.69) is 0 Å². The second kappa shape index (κ2) is 5.44. The SMILES string of the molecule is Cc1cc(=O)c(CC#N)cn1-c1ccc(C(F)(F)F)cc1. The highest BCUT2D eigenvalue weighted by molar-refractivity contribution is 5.38. The molecule has 0 spiro atoms. The van der Waals surface area contributed by atoms with Crippen molar-refractivity contribution >= 4 is 0 Å². The zero-order valence-corrected chi connectivity index (χ0v) is 11.1. The Morgan fingerprint density at radius 3 is 2.38 bits per heavy atom. The summed E-state index contributed by atoms with van der Waals surface area (Å²) in [6, 6.07) is 7.88. The lowest BCUT2D eigenvalue weighted by atomic mass is 10.1. The van der Waals surface area contributed by atoms with Gasteiger partial charge in [-0.1, -0.05) is 0 Å². The topological polar surface area (TPSA) is 45.8 Å². The molecule has 0 radical (unpaired) electrons. The van der Waals surface area contributed by atoms with Gasteiger partial charge in [-0.15, -0.1) is 0 Å². The van der Waals surface area contributed by atoms with E-state index in [1.54, 1.807) is 11.5 Å². The van der Waals surface area contributed by atoms with Crippen LogP contribution in [-0.2, 0) is 12.6 Å². The summed E-state index contributed by atoms with van der Waals surface area (Å²) >= 11 is 0. The van der Waals surface area contributed by atoms with Gasteiger partial charge in [-0.25, -0.2) is 0 Å². The lowest BCUT2D eigenvalue weighted by molar-refractivity contribution is -0.137. The zero-order valence-electron chi connectivity index (χ0n) is 11.1. The molecule has 0 unspecified atom stereocenters. The summed E-state index contributed by atoms with van der Waals surface area (Å²) in [5.74, 6) is 0. The van der Waals surface area contributed by atoms with Crippen molar-refractivity contribution in [2.75, 3.05) is 0 Å². The number of aryl methyl sites for hydroxylation is 1. The van der Waals surface area contributed by atoms with Crippen molar-refractivity contribution in [2.45, 2.75) is 19.5 Å². The van der Waals surface area contributed by atoms with E-state index in [4.69, 9.17) is 5.26 Å². The number of hydrogen-bond donors (Lipinski definition) is 0. The summed E-state index contributed by atoms with van der Waals surface area (Å²) < 4.78 is 39.2. The van der Waals surface area contributed by atoms with Crippen molar-refractivity contribution in [3.63, 3.8) is 0 Å². The number of nitriles is 1. The number of rotatable bonds is 2. The van der Waals surface area contributed by atoms with E-state index >= 15 is 0 Å². The monoisotopic (exact) mass is 292 g/mol. The Labute approximate surface area is 118 Å². The van der Waals surface area contributed by atoms with Crippen LogP contribution in [0.5, 0.6) is 0 Å². The zero-order chi connectivity index (χ0) is 15.6. The van der Waals surface area contributed by atoms with Gasteiger partial charge < -0.3 is 4.57 Å². The van der Waals surface area contributed by atoms with Crippen LogP contribution < -0.4 is 5.43 Å². The molecule has 0 aliphatic heterocycles. The van der Waals surface area contributed by atoms with Crippen LogP contribution in [0, 0.1) is 18.3 Å². The molecule has 2 aromatic rings. The quantitative estimate of drug-likeness (QED) is 0.853. The molecular formula is C15H11F3N2O. The van der Waals surface area contributed by atoms with Crippen molar-refractivity contribution < 1.29 is 13.2 Å².